The van der Waals surface area contributed by atoms with E-state index in [-0.39, 0.29) is 5.92 Å². The highest BCUT2D eigenvalue weighted by atomic mass is 15.0. The molecule has 12 heavy (non-hydrogen) atoms. The van der Waals surface area contributed by atoms with Crippen LogP contribution >= 0.6 is 0 Å². The minimum absolute atomic E-state index is 0.198. The molecule has 0 spiro atoms. The van der Waals surface area contributed by atoms with E-state index in [1.54, 1.807) is 0 Å². The average molecular weight is 163 g/mol. The van der Waals surface area contributed by atoms with E-state index in [0.29, 0.717) is 6.04 Å². The van der Waals surface area contributed by atoms with Crippen molar-refractivity contribution in [1.82, 2.24) is 5.32 Å². The van der Waals surface area contributed by atoms with Gasteiger partial charge in [-0.25, -0.2) is 0 Å². The number of rotatable bonds is 1. The topological polar surface area (TPSA) is 48.2 Å². The van der Waals surface area contributed by atoms with Crippen LogP contribution < -0.4 is 5.32 Å². The Kier molecular flexibility index (Phi) is 1.99. The van der Waals surface area contributed by atoms with Crippen LogP contribution in [-0.2, 0) is 0 Å². The maximum atomic E-state index is 8.73. The van der Waals surface area contributed by atoms with Gasteiger partial charge in [0.2, 0.25) is 0 Å². The molecule has 0 aromatic heterocycles. The summed E-state index contributed by atoms with van der Waals surface area (Å²) >= 11 is 0. The number of amidine groups is 1. The zero-order valence-electron chi connectivity index (χ0n) is 7.08. The molecule has 0 amide bonds. The fourth-order valence-electron chi connectivity index (χ4n) is 1.43. The van der Waals surface area contributed by atoms with Crippen LogP contribution in [0.15, 0.2) is 4.99 Å². The van der Waals surface area contributed by atoms with Crippen LogP contribution in [0.5, 0.6) is 0 Å². The molecule has 1 saturated carbocycles. The second-order valence-electron chi connectivity index (χ2n) is 3.57. The lowest BCUT2D eigenvalue weighted by molar-refractivity contribution is 0.593. The van der Waals surface area contributed by atoms with Crippen molar-refractivity contribution in [3.63, 3.8) is 0 Å². The van der Waals surface area contributed by atoms with Gasteiger partial charge in [0.05, 0.1) is 17.8 Å². The molecule has 3 nitrogen and oxygen atoms in total. The summed E-state index contributed by atoms with van der Waals surface area (Å²) in [5.41, 5.74) is 0. The van der Waals surface area contributed by atoms with Crippen molar-refractivity contribution in [2.24, 2.45) is 10.9 Å². The van der Waals surface area contributed by atoms with Crippen molar-refractivity contribution < 1.29 is 0 Å². The van der Waals surface area contributed by atoms with E-state index < -0.39 is 0 Å². The normalized spacial score (nSPS) is 28.9. The predicted molar refractivity (Wildman–Crippen MR) is 46.8 cm³/mol. The first kappa shape index (κ1) is 7.60. The lowest BCUT2D eigenvalue weighted by Gasteiger charge is -2.17. The fourth-order valence-corrected chi connectivity index (χ4v) is 1.43. The van der Waals surface area contributed by atoms with Gasteiger partial charge in [-0.2, -0.15) is 5.26 Å². The first-order chi connectivity index (χ1) is 5.88. The van der Waals surface area contributed by atoms with Crippen molar-refractivity contribution in [2.45, 2.75) is 31.7 Å². The molecule has 1 aliphatic carbocycles. The smallest absolute Gasteiger partial charge is 0.0978 e. The van der Waals surface area contributed by atoms with Crippen LogP contribution in [0.25, 0.3) is 0 Å². The highest BCUT2D eigenvalue weighted by molar-refractivity contribution is 5.83. The highest BCUT2D eigenvalue weighted by Crippen LogP contribution is 2.21. The third-order valence-electron chi connectivity index (χ3n) is 2.35. The van der Waals surface area contributed by atoms with Crippen LogP contribution in [0, 0.1) is 17.2 Å². The van der Waals surface area contributed by atoms with Crippen molar-refractivity contribution >= 4 is 5.84 Å². The lowest BCUT2D eigenvalue weighted by atomic mass is 10.0. The summed E-state index contributed by atoms with van der Waals surface area (Å²) in [6.45, 7) is 0.827. The monoisotopic (exact) mass is 163 g/mol. The molecule has 0 radical (unpaired) electrons. The minimum atomic E-state index is 0.198. The number of aliphatic imine (C=N–C) groups is 1. The summed E-state index contributed by atoms with van der Waals surface area (Å²) < 4.78 is 0. The molecular formula is C9H13N3. The summed E-state index contributed by atoms with van der Waals surface area (Å²) in [5, 5.41) is 12.1. The van der Waals surface area contributed by atoms with E-state index >= 15 is 0 Å². The van der Waals surface area contributed by atoms with Crippen molar-refractivity contribution in [1.29, 1.82) is 5.26 Å². The Labute approximate surface area is 72.5 Å². The van der Waals surface area contributed by atoms with Crippen molar-refractivity contribution in [2.75, 3.05) is 6.54 Å². The first-order valence-electron chi connectivity index (χ1n) is 4.58. The molecule has 2 rings (SSSR count). The van der Waals surface area contributed by atoms with Gasteiger partial charge in [-0.1, -0.05) is 0 Å². The van der Waals surface area contributed by atoms with Gasteiger partial charge in [0.1, 0.15) is 0 Å². The molecule has 1 aliphatic heterocycles. The predicted octanol–water partition coefficient (Wildman–Crippen LogP) is 1.07. The third-order valence-corrected chi connectivity index (χ3v) is 2.35. The van der Waals surface area contributed by atoms with E-state index in [1.165, 1.54) is 12.8 Å². The molecule has 1 atom stereocenters. The Bertz CT molecular complexity index is 235. The van der Waals surface area contributed by atoms with Crippen LogP contribution in [0.1, 0.15) is 25.7 Å². The molecule has 1 fully saturated rings. The zero-order valence-corrected chi connectivity index (χ0v) is 7.08. The Morgan fingerprint density at radius 3 is 2.92 bits per heavy atom. The van der Waals surface area contributed by atoms with Gasteiger partial charge < -0.3 is 5.32 Å². The molecule has 0 aromatic carbocycles. The van der Waals surface area contributed by atoms with Crippen molar-refractivity contribution in [3.8, 4) is 6.07 Å². The lowest BCUT2D eigenvalue weighted by Crippen LogP contribution is -2.30. The second-order valence-corrected chi connectivity index (χ2v) is 3.57. The molecule has 1 N–H and O–H groups in total. The van der Waals surface area contributed by atoms with Gasteiger partial charge in [-0.05, 0) is 19.3 Å². The number of hydrogen-bond acceptors (Lipinski definition) is 3. The third kappa shape index (κ3) is 1.76. The Morgan fingerprint density at radius 1 is 1.42 bits per heavy atom. The van der Waals surface area contributed by atoms with Crippen molar-refractivity contribution in [3.05, 3.63) is 0 Å². The summed E-state index contributed by atoms with van der Waals surface area (Å²) in [6, 6.07) is 2.97. The van der Waals surface area contributed by atoms with Gasteiger partial charge in [-0.3, -0.25) is 4.99 Å². The maximum absolute atomic E-state index is 8.73. The largest absolute Gasteiger partial charge is 0.371 e. The van der Waals surface area contributed by atoms with Gasteiger partial charge in [0.15, 0.2) is 0 Å². The van der Waals surface area contributed by atoms with Gasteiger partial charge in [-0.15, -0.1) is 0 Å². The Balaban J connectivity index is 1.88. The Morgan fingerprint density at radius 2 is 2.25 bits per heavy atom. The molecular weight excluding hydrogens is 150 g/mol. The summed E-state index contributed by atoms with van der Waals surface area (Å²) in [6.07, 6.45) is 4.33. The highest BCUT2D eigenvalue weighted by Gasteiger charge is 2.24. The second kappa shape index (κ2) is 3.14. The van der Waals surface area contributed by atoms with Crippen LogP contribution in [0.4, 0.5) is 0 Å². The molecule has 1 unspecified atom stereocenters. The SMILES string of the molecule is N#CC1CCN=C(NC2CC2)C1. The number of nitriles is 1. The molecule has 1 heterocycles. The minimum Gasteiger partial charge on any atom is -0.371 e. The van der Waals surface area contributed by atoms with E-state index in [2.05, 4.69) is 16.4 Å². The van der Waals surface area contributed by atoms with Gasteiger partial charge in [0, 0.05) is 19.0 Å². The standard InChI is InChI=1S/C9H13N3/c10-6-7-3-4-11-9(5-7)12-8-1-2-8/h7-8H,1-5H2,(H,11,12). The average Bonchev–Trinajstić information content (AvgIpc) is 2.89. The summed E-state index contributed by atoms with van der Waals surface area (Å²) in [7, 11) is 0. The quantitative estimate of drug-likeness (QED) is 0.628. The van der Waals surface area contributed by atoms with E-state index in [1.807, 2.05) is 0 Å². The van der Waals surface area contributed by atoms with Crippen LogP contribution in [0.3, 0.4) is 0 Å². The molecule has 2 aliphatic rings. The molecule has 0 bridgehead atoms. The first-order valence-corrected chi connectivity index (χ1v) is 4.58. The van der Waals surface area contributed by atoms with Crippen LogP contribution in [-0.4, -0.2) is 18.4 Å². The number of hydrogen-bond donors (Lipinski definition) is 1. The van der Waals surface area contributed by atoms with Gasteiger partial charge in [0.25, 0.3) is 0 Å². The molecule has 0 saturated heterocycles. The molecule has 0 aromatic rings. The van der Waals surface area contributed by atoms with E-state index in [0.717, 1.165) is 25.2 Å². The molecule has 64 valence electrons. The zero-order chi connectivity index (χ0) is 8.39. The molecule has 3 heteroatoms. The fraction of sp³-hybridized carbons (Fsp3) is 0.778. The van der Waals surface area contributed by atoms with Crippen LogP contribution in [0.2, 0.25) is 0 Å². The number of nitrogens with one attached hydrogen (secondary N) is 1. The van der Waals surface area contributed by atoms with E-state index in [9.17, 15) is 0 Å². The summed E-state index contributed by atoms with van der Waals surface area (Å²) in [5.74, 6) is 1.26. The number of nitrogens with zero attached hydrogens (tertiary/aromatic N) is 2. The maximum Gasteiger partial charge on any atom is 0.0978 e. The Hall–Kier alpha value is -1.04. The van der Waals surface area contributed by atoms with Gasteiger partial charge >= 0.3 is 0 Å². The summed E-state index contributed by atoms with van der Waals surface area (Å²) in [4.78, 5) is 4.36. The van der Waals surface area contributed by atoms with E-state index in [4.69, 9.17) is 5.26 Å².